The summed E-state index contributed by atoms with van der Waals surface area (Å²) in [6.07, 6.45) is 6.46. The SMILES string of the molecule is Cc1ccc(CN2CCN(Cc3nccn3C3CC3)[C@H](C)C2=O)cc1. The lowest BCUT2D eigenvalue weighted by atomic mass is 10.1. The molecule has 0 N–H and O–H groups in total. The van der Waals surface area contributed by atoms with Crippen molar-refractivity contribution in [3.8, 4) is 0 Å². The van der Waals surface area contributed by atoms with E-state index in [2.05, 4.69) is 51.8 Å². The Hall–Kier alpha value is -2.14. The number of carbonyl (C=O) groups excluding carboxylic acids is 1. The van der Waals surface area contributed by atoms with Crippen LogP contribution in [0, 0.1) is 6.92 Å². The van der Waals surface area contributed by atoms with Gasteiger partial charge in [0.15, 0.2) is 0 Å². The first-order chi connectivity index (χ1) is 12.1. The fourth-order valence-electron chi connectivity index (χ4n) is 3.59. The van der Waals surface area contributed by atoms with E-state index in [4.69, 9.17) is 0 Å². The largest absolute Gasteiger partial charge is 0.336 e. The number of hydrogen-bond acceptors (Lipinski definition) is 3. The molecule has 0 unspecified atom stereocenters. The van der Waals surface area contributed by atoms with Crippen LogP contribution in [0.4, 0.5) is 0 Å². The highest BCUT2D eigenvalue weighted by atomic mass is 16.2. The number of aromatic nitrogens is 2. The summed E-state index contributed by atoms with van der Waals surface area (Å²) in [5.41, 5.74) is 2.45. The molecule has 5 nitrogen and oxygen atoms in total. The number of piperazine rings is 1. The summed E-state index contributed by atoms with van der Waals surface area (Å²) in [6, 6.07) is 8.99. The molecule has 1 aliphatic carbocycles. The van der Waals surface area contributed by atoms with Crippen LogP contribution >= 0.6 is 0 Å². The van der Waals surface area contributed by atoms with Crippen LogP contribution < -0.4 is 0 Å². The lowest BCUT2D eigenvalue weighted by Crippen LogP contribution is -2.55. The highest BCUT2D eigenvalue weighted by molar-refractivity contribution is 5.82. The van der Waals surface area contributed by atoms with Gasteiger partial charge in [0.25, 0.3) is 0 Å². The minimum atomic E-state index is -0.0939. The summed E-state index contributed by atoms with van der Waals surface area (Å²) in [5, 5.41) is 0. The van der Waals surface area contributed by atoms with Crippen LogP contribution in [0.25, 0.3) is 0 Å². The Morgan fingerprint density at radius 3 is 2.60 bits per heavy atom. The van der Waals surface area contributed by atoms with Gasteiger partial charge < -0.3 is 9.47 Å². The average Bonchev–Trinajstić information content (AvgIpc) is 3.35. The Kier molecular flexibility index (Phi) is 4.34. The molecule has 132 valence electrons. The van der Waals surface area contributed by atoms with Crippen LogP contribution in [-0.4, -0.2) is 44.4 Å². The second-order valence-electron chi connectivity index (χ2n) is 7.37. The maximum atomic E-state index is 12.8. The summed E-state index contributed by atoms with van der Waals surface area (Å²) < 4.78 is 2.29. The molecular formula is C20H26N4O. The molecule has 0 spiro atoms. The zero-order chi connectivity index (χ0) is 17.4. The van der Waals surface area contributed by atoms with E-state index in [0.717, 1.165) is 25.5 Å². The molecule has 2 aliphatic rings. The first-order valence-electron chi connectivity index (χ1n) is 9.22. The van der Waals surface area contributed by atoms with E-state index in [0.29, 0.717) is 12.6 Å². The van der Waals surface area contributed by atoms with Crippen molar-refractivity contribution in [3.63, 3.8) is 0 Å². The number of aryl methyl sites for hydroxylation is 1. The molecule has 0 radical (unpaired) electrons. The first kappa shape index (κ1) is 16.3. The van der Waals surface area contributed by atoms with E-state index in [9.17, 15) is 4.79 Å². The smallest absolute Gasteiger partial charge is 0.239 e. The highest BCUT2D eigenvalue weighted by Crippen LogP contribution is 2.35. The van der Waals surface area contributed by atoms with Gasteiger partial charge in [0, 0.05) is 38.1 Å². The lowest BCUT2D eigenvalue weighted by Gasteiger charge is -2.39. The first-order valence-corrected chi connectivity index (χ1v) is 9.22. The van der Waals surface area contributed by atoms with E-state index < -0.39 is 0 Å². The van der Waals surface area contributed by atoms with Crippen molar-refractivity contribution in [2.24, 2.45) is 0 Å². The summed E-state index contributed by atoms with van der Waals surface area (Å²) >= 11 is 0. The quantitative estimate of drug-likeness (QED) is 0.842. The highest BCUT2D eigenvalue weighted by Gasteiger charge is 2.33. The fourth-order valence-corrected chi connectivity index (χ4v) is 3.59. The summed E-state index contributed by atoms with van der Waals surface area (Å²) in [6.45, 7) is 7.25. The minimum Gasteiger partial charge on any atom is -0.336 e. The van der Waals surface area contributed by atoms with Gasteiger partial charge in [-0.05, 0) is 32.3 Å². The van der Waals surface area contributed by atoms with Gasteiger partial charge in [0.05, 0.1) is 12.6 Å². The molecular weight excluding hydrogens is 312 g/mol. The normalized spacial score (nSPS) is 21.8. The molecule has 1 aliphatic heterocycles. The summed E-state index contributed by atoms with van der Waals surface area (Å²) in [4.78, 5) is 21.6. The van der Waals surface area contributed by atoms with Gasteiger partial charge in [0.1, 0.15) is 5.82 Å². The monoisotopic (exact) mass is 338 g/mol. The number of carbonyl (C=O) groups is 1. The van der Waals surface area contributed by atoms with E-state index >= 15 is 0 Å². The molecule has 1 saturated heterocycles. The van der Waals surface area contributed by atoms with Crippen molar-refractivity contribution in [1.82, 2.24) is 19.4 Å². The van der Waals surface area contributed by atoms with Crippen LogP contribution in [-0.2, 0) is 17.9 Å². The van der Waals surface area contributed by atoms with Crippen LogP contribution in [0.3, 0.4) is 0 Å². The molecule has 25 heavy (non-hydrogen) atoms. The van der Waals surface area contributed by atoms with Crippen LogP contribution in [0.2, 0.25) is 0 Å². The van der Waals surface area contributed by atoms with Gasteiger partial charge >= 0.3 is 0 Å². The number of hydrogen-bond donors (Lipinski definition) is 0. The van der Waals surface area contributed by atoms with Crippen molar-refractivity contribution in [2.45, 2.75) is 51.9 Å². The second-order valence-corrected chi connectivity index (χ2v) is 7.37. The Morgan fingerprint density at radius 1 is 1.12 bits per heavy atom. The molecule has 1 saturated carbocycles. The Morgan fingerprint density at radius 2 is 1.88 bits per heavy atom. The fraction of sp³-hybridized carbons (Fsp3) is 0.500. The minimum absolute atomic E-state index is 0.0939. The Bertz CT molecular complexity index is 747. The average molecular weight is 338 g/mol. The third-order valence-corrected chi connectivity index (χ3v) is 5.40. The maximum Gasteiger partial charge on any atom is 0.239 e. The maximum absolute atomic E-state index is 12.8. The van der Waals surface area contributed by atoms with Crippen molar-refractivity contribution in [1.29, 1.82) is 0 Å². The van der Waals surface area contributed by atoms with Gasteiger partial charge in [-0.2, -0.15) is 0 Å². The molecule has 4 rings (SSSR count). The molecule has 1 amide bonds. The second kappa shape index (κ2) is 6.64. The van der Waals surface area contributed by atoms with E-state index in [-0.39, 0.29) is 11.9 Å². The molecule has 2 heterocycles. The molecule has 2 aromatic rings. The Balaban J connectivity index is 1.40. The summed E-state index contributed by atoms with van der Waals surface area (Å²) in [7, 11) is 0. The zero-order valence-electron chi connectivity index (χ0n) is 15.1. The van der Waals surface area contributed by atoms with E-state index in [1.165, 1.54) is 24.0 Å². The van der Waals surface area contributed by atoms with Gasteiger partial charge in [-0.1, -0.05) is 29.8 Å². The van der Waals surface area contributed by atoms with Crippen LogP contribution in [0.15, 0.2) is 36.7 Å². The van der Waals surface area contributed by atoms with Crippen molar-refractivity contribution < 1.29 is 4.79 Å². The molecule has 1 aromatic carbocycles. The van der Waals surface area contributed by atoms with Gasteiger partial charge in [-0.15, -0.1) is 0 Å². The topological polar surface area (TPSA) is 41.4 Å². The molecule has 5 heteroatoms. The van der Waals surface area contributed by atoms with E-state index in [1.54, 1.807) is 0 Å². The third-order valence-electron chi connectivity index (χ3n) is 5.40. The standard InChI is InChI=1S/C20H26N4O/c1-15-3-5-17(6-4-15)13-23-12-11-22(16(2)20(23)25)14-19-21-9-10-24(19)18-7-8-18/h3-6,9-10,16,18H,7-8,11-14H2,1-2H3/t16-/m1/s1. The number of benzene rings is 1. The van der Waals surface area contributed by atoms with Crippen LogP contribution in [0.1, 0.15) is 42.8 Å². The van der Waals surface area contributed by atoms with Crippen molar-refractivity contribution in [3.05, 3.63) is 53.6 Å². The number of amides is 1. The van der Waals surface area contributed by atoms with Gasteiger partial charge in [-0.3, -0.25) is 9.69 Å². The van der Waals surface area contributed by atoms with Crippen molar-refractivity contribution in [2.75, 3.05) is 13.1 Å². The van der Waals surface area contributed by atoms with Gasteiger partial charge in [-0.25, -0.2) is 4.98 Å². The van der Waals surface area contributed by atoms with Crippen molar-refractivity contribution >= 4 is 5.91 Å². The van der Waals surface area contributed by atoms with Crippen LogP contribution in [0.5, 0.6) is 0 Å². The molecule has 0 bridgehead atoms. The zero-order valence-corrected chi connectivity index (χ0v) is 15.1. The Labute approximate surface area is 149 Å². The van der Waals surface area contributed by atoms with E-state index in [1.807, 2.05) is 18.0 Å². The van der Waals surface area contributed by atoms with Gasteiger partial charge in [0.2, 0.25) is 5.91 Å². The lowest BCUT2D eigenvalue weighted by molar-refractivity contribution is -0.142. The summed E-state index contributed by atoms with van der Waals surface area (Å²) in [5.74, 6) is 1.31. The number of imidazole rings is 1. The molecule has 1 atom stereocenters. The molecule has 2 fully saturated rings. The predicted molar refractivity (Wildman–Crippen MR) is 97.0 cm³/mol. The third kappa shape index (κ3) is 3.47. The number of rotatable bonds is 5. The number of nitrogens with zero attached hydrogens (tertiary/aromatic N) is 4. The molecule has 1 aromatic heterocycles. The predicted octanol–water partition coefficient (Wildman–Crippen LogP) is 2.76.